The second-order valence-corrected chi connectivity index (χ2v) is 7.89. The smallest absolute Gasteiger partial charge is 0.204 e. The van der Waals surface area contributed by atoms with Crippen molar-refractivity contribution < 1.29 is 9.52 Å². The lowest BCUT2D eigenvalue weighted by molar-refractivity contribution is 0.468. The molecule has 0 aliphatic carbocycles. The molecule has 5 aromatic rings. The van der Waals surface area contributed by atoms with Gasteiger partial charge in [-0.3, -0.25) is 4.79 Å². The number of hydrogen-bond donors (Lipinski definition) is 1. The normalized spacial score (nSPS) is 11.5. The average molecular weight is 431 g/mol. The monoisotopic (exact) mass is 430 g/mol. The molecule has 0 aliphatic rings. The molecule has 2 aromatic heterocycles. The molecular weight excluding hydrogens is 412 g/mol. The molecule has 6 heteroatoms. The number of aromatic hydroxyl groups is 1. The van der Waals surface area contributed by atoms with Gasteiger partial charge in [-0.25, -0.2) is 4.98 Å². The summed E-state index contributed by atoms with van der Waals surface area (Å²) in [7, 11) is 1.88. The molecule has 0 saturated heterocycles. The van der Waals surface area contributed by atoms with E-state index in [-0.39, 0.29) is 11.2 Å². The zero-order valence-corrected chi connectivity index (χ0v) is 17.8. The fourth-order valence-electron chi connectivity index (χ4n) is 3.93. The summed E-state index contributed by atoms with van der Waals surface area (Å²) in [6, 6.07) is 18.0. The molecule has 3 aromatic carbocycles. The van der Waals surface area contributed by atoms with Crippen LogP contribution in [0.4, 0.5) is 0 Å². The lowest BCUT2D eigenvalue weighted by atomic mass is 10.0. The number of phenolic OH excluding ortho intramolecular Hbond substituents is 1. The van der Waals surface area contributed by atoms with Gasteiger partial charge in [0.05, 0.1) is 16.4 Å². The summed E-state index contributed by atoms with van der Waals surface area (Å²) in [5.74, 6) is 1.01. The van der Waals surface area contributed by atoms with E-state index in [1.807, 2.05) is 42.8 Å². The molecule has 5 rings (SSSR count). The predicted octanol–water partition coefficient (Wildman–Crippen LogP) is 5.94. The van der Waals surface area contributed by atoms with E-state index < -0.39 is 0 Å². The van der Waals surface area contributed by atoms with Gasteiger partial charge in [0.25, 0.3) is 0 Å². The van der Waals surface area contributed by atoms with Crippen LogP contribution in [-0.2, 0) is 13.5 Å². The molecular formula is C25H19ClN2O3. The number of benzene rings is 3. The van der Waals surface area contributed by atoms with Crippen LogP contribution in [0.15, 0.2) is 69.9 Å². The minimum Gasteiger partial charge on any atom is -0.508 e. The standard InChI is InChI=1S/C25H19ClN2O3/c1-3-14-12-17-21(13-20(14)29)31-24(15-8-10-16(26)11-9-15)22(23(17)30)25-27-18-6-4-5-7-19(18)28(25)2/h4-13,29H,3H2,1-2H3. The maximum Gasteiger partial charge on any atom is 0.204 e. The lowest BCUT2D eigenvalue weighted by Gasteiger charge is -2.12. The van der Waals surface area contributed by atoms with Crippen molar-refractivity contribution in [1.82, 2.24) is 9.55 Å². The SMILES string of the molecule is CCc1cc2c(=O)c(-c3nc4ccccc4n3C)c(-c3ccc(Cl)cc3)oc2cc1O. The third-order valence-electron chi connectivity index (χ3n) is 5.59. The first-order valence-electron chi connectivity index (χ1n) is 9.98. The van der Waals surface area contributed by atoms with E-state index >= 15 is 0 Å². The number of fused-ring (bicyclic) bond motifs is 2. The van der Waals surface area contributed by atoms with Crippen molar-refractivity contribution in [2.45, 2.75) is 13.3 Å². The van der Waals surface area contributed by atoms with Gasteiger partial charge in [-0.05, 0) is 54.4 Å². The summed E-state index contributed by atoms with van der Waals surface area (Å²) in [4.78, 5) is 18.5. The largest absolute Gasteiger partial charge is 0.508 e. The summed E-state index contributed by atoms with van der Waals surface area (Å²) >= 11 is 6.07. The first-order chi connectivity index (χ1) is 15.0. The molecule has 0 atom stereocenters. The van der Waals surface area contributed by atoms with Crippen molar-refractivity contribution >= 4 is 33.6 Å². The topological polar surface area (TPSA) is 68.3 Å². The highest BCUT2D eigenvalue weighted by atomic mass is 35.5. The van der Waals surface area contributed by atoms with Crippen LogP contribution in [0.25, 0.3) is 44.7 Å². The van der Waals surface area contributed by atoms with Gasteiger partial charge in [0.1, 0.15) is 28.5 Å². The van der Waals surface area contributed by atoms with Crippen LogP contribution in [0.3, 0.4) is 0 Å². The van der Waals surface area contributed by atoms with Gasteiger partial charge in [0.15, 0.2) is 0 Å². The van der Waals surface area contributed by atoms with Gasteiger partial charge in [-0.15, -0.1) is 0 Å². The maximum atomic E-state index is 13.8. The van der Waals surface area contributed by atoms with E-state index in [1.54, 1.807) is 30.3 Å². The highest BCUT2D eigenvalue weighted by molar-refractivity contribution is 6.30. The van der Waals surface area contributed by atoms with Gasteiger partial charge >= 0.3 is 0 Å². The van der Waals surface area contributed by atoms with E-state index in [0.29, 0.717) is 50.7 Å². The summed E-state index contributed by atoms with van der Waals surface area (Å²) in [5, 5.41) is 11.3. The van der Waals surface area contributed by atoms with Gasteiger partial charge in [-0.1, -0.05) is 30.7 Å². The molecule has 0 aliphatic heterocycles. The van der Waals surface area contributed by atoms with Gasteiger partial charge in [0, 0.05) is 23.7 Å². The number of aromatic nitrogens is 2. The highest BCUT2D eigenvalue weighted by Crippen LogP contribution is 2.35. The molecule has 0 spiro atoms. The summed E-state index contributed by atoms with van der Waals surface area (Å²) in [6.45, 7) is 1.93. The van der Waals surface area contributed by atoms with Crippen LogP contribution in [-0.4, -0.2) is 14.7 Å². The number of rotatable bonds is 3. The van der Waals surface area contributed by atoms with Crippen molar-refractivity contribution in [1.29, 1.82) is 0 Å². The second-order valence-electron chi connectivity index (χ2n) is 7.46. The van der Waals surface area contributed by atoms with Crippen LogP contribution < -0.4 is 5.43 Å². The van der Waals surface area contributed by atoms with Gasteiger partial charge in [0.2, 0.25) is 5.43 Å². The lowest BCUT2D eigenvalue weighted by Crippen LogP contribution is -2.11. The Morgan fingerprint density at radius 3 is 2.55 bits per heavy atom. The Morgan fingerprint density at radius 1 is 1.10 bits per heavy atom. The van der Waals surface area contributed by atoms with E-state index in [2.05, 4.69) is 0 Å². The minimum absolute atomic E-state index is 0.107. The third-order valence-corrected chi connectivity index (χ3v) is 5.84. The fraction of sp³-hybridized carbons (Fsp3) is 0.120. The Bertz CT molecular complexity index is 1510. The molecule has 1 N–H and O–H groups in total. The number of para-hydroxylation sites is 2. The zero-order valence-electron chi connectivity index (χ0n) is 17.0. The Hall–Kier alpha value is -3.57. The van der Waals surface area contributed by atoms with Crippen LogP contribution in [0.1, 0.15) is 12.5 Å². The summed E-state index contributed by atoms with van der Waals surface area (Å²) in [5.41, 5.74) is 3.60. The van der Waals surface area contributed by atoms with E-state index in [1.165, 1.54) is 6.07 Å². The summed E-state index contributed by atoms with van der Waals surface area (Å²) in [6.07, 6.45) is 0.599. The molecule has 0 saturated carbocycles. The molecule has 0 bridgehead atoms. The quantitative estimate of drug-likeness (QED) is 0.385. The number of nitrogens with zero attached hydrogens (tertiary/aromatic N) is 2. The second kappa shape index (κ2) is 7.29. The molecule has 2 heterocycles. The van der Waals surface area contributed by atoms with Crippen molar-refractivity contribution in [3.8, 4) is 28.5 Å². The summed E-state index contributed by atoms with van der Waals surface area (Å²) < 4.78 is 8.13. The number of hydrogen-bond acceptors (Lipinski definition) is 4. The van der Waals surface area contributed by atoms with E-state index in [4.69, 9.17) is 21.0 Å². The van der Waals surface area contributed by atoms with Crippen molar-refractivity contribution in [2.24, 2.45) is 7.05 Å². The molecule has 0 fully saturated rings. The van der Waals surface area contributed by atoms with Gasteiger partial charge < -0.3 is 14.1 Å². The first kappa shape index (κ1) is 19.4. The Kier molecular flexibility index (Phi) is 4.56. The zero-order chi connectivity index (χ0) is 21.7. The van der Waals surface area contributed by atoms with Crippen LogP contribution in [0, 0.1) is 0 Å². The highest BCUT2D eigenvalue weighted by Gasteiger charge is 2.23. The minimum atomic E-state index is -0.195. The number of phenols is 1. The Labute approximate surface area is 183 Å². The average Bonchev–Trinajstić information content (AvgIpc) is 3.10. The molecule has 0 unspecified atom stereocenters. The fourth-order valence-corrected chi connectivity index (χ4v) is 4.06. The van der Waals surface area contributed by atoms with E-state index in [0.717, 1.165) is 11.0 Å². The molecule has 0 radical (unpaired) electrons. The van der Waals surface area contributed by atoms with Crippen LogP contribution >= 0.6 is 11.6 Å². The van der Waals surface area contributed by atoms with Crippen LogP contribution in [0.2, 0.25) is 5.02 Å². The molecule has 0 amide bonds. The Morgan fingerprint density at radius 2 is 1.84 bits per heavy atom. The molecule has 5 nitrogen and oxygen atoms in total. The van der Waals surface area contributed by atoms with E-state index in [9.17, 15) is 9.90 Å². The van der Waals surface area contributed by atoms with Gasteiger partial charge in [-0.2, -0.15) is 0 Å². The van der Waals surface area contributed by atoms with Crippen molar-refractivity contribution in [3.63, 3.8) is 0 Å². The van der Waals surface area contributed by atoms with Crippen molar-refractivity contribution in [2.75, 3.05) is 0 Å². The van der Waals surface area contributed by atoms with Crippen molar-refractivity contribution in [3.05, 3.63) is 81.5 Å². The third kappa shape index (κ3) is 3.09. The molecule has 31 heavy (non-hydrogen) atoms. The number of imidazole rings is 1. The predicted molar refractivity (Wildman–Crippen MR) is 124 cm³/mol. The number of aryl methyl sites for hydroxylation is 2. The number of halogens is 1. The first-order valence-corrected chi connectivity index (χ1v) is 10.4. The maximum absolute atomic E-state index is 13.8. The molecule has 154 valence electrons. The Balaban J connectivity index is 1.92. The van der Waals surface area contributed by atoms with Crippen LogP contribution in [0.5, 0.6) is 5.75 Å².